The van der Waals surface area contributed by atoms with Crippen LogP contribution >= 0.6 is 11.6 Å². The van der Waals surface area contributed by atoms with Crippen molar-refractivity contribution in [3.05, 3.63) is 23.1 Å². The molecule has 2 heterocycles. The van der Waals surface area contributed by atoms with Gasteiger partial charge in [-0.2, -0.15) is 0 Å². The molecule has 0 aliphatic carbocycles. The normalized spacial score (nSPS) is 23.1. The molecule has 0 saturated carbocycles. The quantitative estimate of drug-likeness (QED) is 0.905. The number of nitrogens with zero attached hydrogens (tertiary/aromatic N) is 1. The molecular weight excluding hydrogens is 282 g/mol. The van der Waals surface area contributed by atoms with Gasteiger partial charge in [0.1, 0.15) is 0 Å². The standard InChI is InChI=1S/C14H20ClNO4/c1-19-8-6-14(10-17)5-2-7-16(9-14)13(18)11-3-4-12(15)20-11/h3-4,17H,2,5-10H2,1H3/t14-/m1/s1. The number of aliphatic hydroxyl groups excluding tert-OH is 1. The lowest BCUT2D eigenvalue weighted by Gasteiger charge is -2.41. The van der Waals surface area contributed by atoms with Gasteiger partial charge >= 0.3 is 0 Å². The summed E-state index contributed by atoms with van der Waals surface area (Å²) in [6.45, 7) is 1.82. The summed E-state index contributed by atoms with van der Waals surface area (Å²) >= 11 is 5.70. The lowest BCUT2D eigenvalue weighted by Crippen LogP contribution is -2.48. The molecule has 2 rings (SSSR count). The number of likely N-dealkylation sites (tertiary alicyclic amines) is 1. The Morgan fingerprint density at radius 2 is 2.40 bits per heavy atom. The predicted octanol–water partition coefficient (Wildman–Crippen LogP) is 2.18. The van der Waals surface area contributed by atoms with Gasteiger partial charge in [0.25, 0.3) is 5.91 Å². The molecule has 1 amide bonds. The third-order valence-corrected chi connectivity index (χ3v) is 4.11. The molecular formula is C14H20ClNO4. The van der Waals surface area contributed by atoms with Crippen LogP contribution in [-0.2, 0) is 4.74 Å². The van der Waals surface area contributed by atoms with E-state index in [0.29, 0.717) is 19.7 Å². The fourth-order valence-electron chi connectivity index (χ4n) is 2.70. The first-order valence-electron chi connectivity index (χ1n) is 6.75. The number of ether oxygens (including phenoxy) is 1. The number of furan rings is 1. The second-order valence-electron chi connectivity index (χ2n) is 5.33. The Hall–Kier alpha value is -1.04. The second kappa shape index (κ2) is 6.61. The molecule has 1 fully saturated rings. The van der Waals surface area contributed by atoms with Crippen molar-refractivity contribution in [3.8, 4) is 0 Å². The molecule has 0 spiro atoms. The smallest absolute Gasteiger partial charge is 0.289 e. The Kier molecular flexibility index (Phi) is 5.07. The van der Waals surface area contributed by atoms with Crippen molar-refractivity contribution >= 4 is 17.5 Å². The molecule has 20 heavy (non-hydrogen) atoms. The Labute approximate surface area is 123 Å². The molecule has 1 aliphatic heterocycles. The van der Waals surface area contributed by atoms with E-state index in [2.05, 4.69) is 0 Å². The first-order valence-corrected chi connectivity index (χ1v) is 7.12. The Balaban J connectivity index is 2.07. The zero-order valence-electron chi connectivity index (χ0n) is 11.6. The van der Waals surface area contributed by atoms with Crippen LogP contribution < -0.4 is 0 Å². The highest BCUT2D eigenvalue weighted by Crippen LogP contribution is 2.34. The average molecular weight is 302 g/mol. The van der Waals surface area contributed by atoms with Crippen molar-refractivity contribution in [2.75, 3.05) is 33.4 Å². The summed E-state index contributed by atoms with van der Waals surface area (Å²) in [4.78, 5) is 14.1. The number of aliphatic hydroxyl groups is 1. The Morgan fingerprint density at radius 1 is 1.60 bits per heavy atom. The number of piperidine rings is 1. The molecule has 0 radical (unpaired) electrons. The fourth-order valence-corrected chi connectivity index (χ4v) is 2.84. The van der Waals surface area contributed by atoms with Crippen LogP contribution in [0.4, 0.5) is 0 Å². The van der Waals surface area contributed by atoms with Crippen LogP contribution in [0.3, 0.4) is 0 Å². The minimum atomic E-state index is -0.277. The fraction of sp³-hybridized carbons (Fsp3) is 0.643. The van der Waals surface area contributed by atoms with E-state index in [1.807, 2.05) is 0 Å². The summed E-state index contributed by atoms with van der Waals surface area (Å²) in [7, 11) is 1.64. The highest BCUT2D eigenvalue weighted by Gasteiger charge is 2.37. The number of hydrogen-bond acceptors (Lipinski definition) is 4. The number of carbonyl (C=O) groups excluding carboxylic acids is 1. The third-order valence-electron chi connectivity index (χ3n) is 3.90. The maximum atomic E-state index is 12.4. The SMILES string of the molecule is COCC[C@]1(CO)CCCN(C(=O)c2ccc(Cl)o2)C1. The molecule has 0 unspecified atom stereocenters. The van der Waals surface area contributed by atoms with Crippen LogP contribution in [0.25, 0.3) is 0 Å². The molecule has 1 saturated heterocycles. The van der Waals surface area contributed by atoms with Crippen molar-refractivity contribution in [3.63, 3.8) is 0 Å². The van der Waals surface area contributed by atoms with Crippen LogP contribution in [-0.4, -0.2) is 49.3 Å². The molecule has 1 N–H and O–H groups in total. The summed E-state index contributed by atoms with van der Waals surface area (Å²) in [6.07, 6.45) is 2.50. The number of carbonyl (C=O) groups is 1. The lowest BCUT2D eigenvalue weighted by molar-refractivity contribution is 0.00772. The summed E-state index contributed by atoms with van der Waals surface area (Å²) in [5.74, 6) is 0.0716. The zero-order valence-corrected chi connectivity index (χ0v) is 12.4. The molecule has 1 aromatic rings. The molecule has 0 aromatic carbocycles. The molecule has 112 valence electrons. The molecule has 6 heteroatoms. The van der Waals surface area contributed by atoms with Crippen molar-refractivity contribution in [1.29, 1.82) is 0 Å². The van der Waals surface area contributed by atoms with Gasteiger partial charge in [-0.3, -0.25) is 4.79 Å². The van der Waals surface area contributed by atoms with E-state index in [1.165, 1.54) is 0 Å². The maximum Gasteiger partial charge on any atom is 0.289 e. The Morgan fingerprint density at radius 3 is 3.00 bits per heavy atom. The van der Waals surface area contributed by atoms with Crippen molar-refractivity contribution in [1.82, 2.24) is 4.90 Å². The van der Waals surface area contributed by atoms with E-state index in [1.54, 1.807) is 24.1 Å². The van der Waals surface area contributed by atoms with Gasteiger partial charge < -0.3 is 19.2 Å². The van der Waals surface area contributed by atoms with Gasteiger partial charge in [0.2, 0.25) is 0 Å². The first kappa shape index (κ1) is 15.4. The number of amides is 1. The van der Waals surface area contributed by atoms with Gasteiger partial charge in [-0.05, 0) is 43.0 Å². The Bertz CT molecular complexity index is 462. The van der Waals surface area contributed by atoms with E-state index in [9.17, 15) is 9.90 Å². The van der Waals surface area contributed by atoms with E-state index < -0.39 is 0 Å². The summed E-state index contributed by atoms with van der Waals surface area (Å²) < 4.78 is 10.3. The van der Waals surface area contributed by atoms with Gasteiger partial charge in [-0.1, -0.05) is 0 Å². The average Bonchev–Trinajstić information content (AvgIpc) is 2.91. The van der Waals surface area contributed by atoms with Crippen LogP contribution in [0.15, 0.2) is 16.5 Å². The van der Waals surface area contributed by atoms with Gasteiger partial charge in [-0.25, -0.2) is 0 Å². The molecule has 1 aliphatic rings. The van der Waals surface area contributed by atoms with Gasteiger partial charge in [0.15, 0.2) is 11.0 Å². The second-order valence-corrected chi connectivity index (χ2v) is 5.71. The monoisotopic (exact) mass is 301 g/mol. The van der Waals surface area contributed by atoms with Crippen LogP contribution in [0.5, 0.6) is 0 Å². The largest absolute Gasteiger partial charge is 0.440 e. The first-order chi connectivity index (χ1) is 9.60. The zero-order chi connectivity index (χ0) is 14.6. The van der Waals surface area contributed by atoms with E-state index >= 15 is 0 Å². The molecule has 5 nitrogen and oxygen atoms in total. The third kappa shape index (κ3) is 3.34. The van der Waals surface area contributed by atoms with Crippen LogP contribution in [0, 0.1) is 5.41 Å². The van der Waals surface area contributed by atoms with E-state index in [0.717, 1.165) is 19.3 Å². The van der Waals surface area contributed by atoms with Crippen LogP contribution in [0.2, 0.25) is 5.22 Å². The highest BCUT2D eigenvalue weighted by molar-refractivity contribution is 6.29. The number of rotatable bonds is 5. The topological polar surface area (TPSA) is 62.9 Å². The number of halogens is 1. The van der Waals surface area contributed by atoms with Gasteiger partial charge in [0.05, 0.1) is 6.61 Å². The summed E-state index contributed by atoms with van der Waals surface area (Å²) in [6, 6.07) is 3.14. The number of methoxy groups -OCH3 is 1. The summed E-state index contributed by atoms with van der Waals surface area (Å²) in [5.41, 5.74) is -0.277. The van der Waals surface area contributed by atoms with Crippen molar-refractivity contribution in [2.24, 2.45) is 5.41 Å². The van der Waals surface area contributed by atoms with Gasteiger partial charge in [0, 0.05) is 32.2 Å². The number of hydrogen-bond donors (Lipinski definition) is 1. The lowest BCUT2D eigenvalue weighted by atomic mass is 9.78. The molecule has 1 atom stereocenters. The van der Waals surface area contributed by atoms with E-state index in [4.69, 9.17) is 20.8 Å². The highest BCUT2D eigenvalue weighted by atomic mass is 35.5. The predicted molar refractivity (Wildman–Crippen MR) is 74.9 cm³/mol. The summed E-state index contributed by atoms with van der Waals surface area (Å²) in [5, 5.41) is 9.91. The van der Waals surface area contributed by atoms with Crippen molar-refractivity contribution < 1.29 is 19.1 Å². The molecule has 1 aromatic heterocycles. The minimum absolute atomic E-state index is 0.0546. The van der Waals surface area contributed by atoms with Crippen LogP contribution in [0.1, 0.15) is 29.8 Å². The molecule has 0 bridgehead atoms. The minimum Gasteiger partial charge on any atom is -0.440 e. The maximum absolute atomic E-state index is 12.4. The van der Waals surface area contributed by atoms with E-state index in [-0.39, 0.29) is 28.9 Å². The van der Waals surface area contributed by atoms with Crippen molar-refractivity contribution in [2.45, 2.75) is 19.3 Å². The van der Waals surface area contributed by atoms with Gasteiger partial charge in [-0.15, -0.1) is 0 Å².